The summed E-state index contributed by atoms with van der Waals surface area (Å²) in [5.74, 6) is -1.03. The van der Waals surface area contributed by atoms with Crippen molar-refractivity contribution in [2.24, 2.45) is 0 Å². The van der Waals surface area contributed by atoms with Crippen molar-refractivity contribution in [3.63, 3.8) is 0 Å². The van der Waals surface area contributed by atoms with Gasteiger partial charge in [0.1, 0.15) is 13.2 Å². The van der Waals surface area contributed by atoms with Gasteiger partial charge in [-0.2, -0.15) is 0 Å². The van der Waals surface area contributed by atoms with Gasteiger partial charge in [0.25, 0.3) is 0 Å². The van der Waals surface area contributed by atoms with E-state index in [2.05, 4.69) is 11.9 Å². The molecular formula is C20H21NO4. The monoisotopic (exact) mass is 339 g/mol. The molecule has 25 heavy (non-hydrogen) atoms. The predicted octanol–water partition coefficient (Wildman–Crippen LogP) is 3.43. The Morgan fingerprint density at radius 2 is 1.64 bits per heavy atom. The van der Waals surface area contributed by atoms with Gasteiger partial charge in [0.15, 0.2) is 0 Å². The number of nitrogens with one attached hydrogen (secondary N) is 1. The van der Waals surface area contributed by atoms with Gasteiger partial charge < -0.3 is 14.8 Å². The standard InChI is InChI=1S/C20H21NO4/c1-2-13-24-19(22)18(17-11-7-4-8-12-17)14-21-20(23)25-15-16-9-5-3-6-10-16/h2-12,18H,1,13-15H2,(H,21,23)/t18-/m0/s1. The topological polar surface area (TPSA) is 64.6 Å². The maximum Gasteiger partial charge on any atom is 0.407 e. The molecule has 2 rings (SSSR count). The summed E-state index contributed by atoms with van der Waals surface area (Å²) in [6.07, 6.45) is 0.919. The van der Waals surface area contributed by atoms with E-state index in [1.165, 1.54) is 6.08 Å². The lowest BCUT2D eigenvalue weighted by Crippen LogP contribution is -2.33. The van der Waals surface area contributed by atoms with Gasteiger partial charge in [-0.15, -0.1) is 0 Å². The molecule has 0 aliphatic carbocycles. The van der Waals surface area contributed by atoms with Crippen LogP contribution in [0.1, 0.15) is 17.0 Å². The lowest BCUT2D eigenvalue weighted by Gasteiger charge is -2.16. The maximum absolute atomic E-state index is 12.2. The van der Waals surface area contributed by atoms with E-state index in [1.54, 1.807) is 0 Å². The van der Waals surface area contributed by atoms with E-state index in [4.69, 9.17) is 9.47 Å². The van der Waals surface area contributed by atoms with E-state index < -0.39 is 18.0 Å². The van der Waals surface area contributed by atoms with Gasteiger partial charge in [0.2, 0.25) is 0 Å². The van der Waals surface area contributed by atoms with Crippen LogP contribution in [0.2, 0.25) is 0 Å². The molecule has 0 unspecified atom stereocenters. The summed E-state index contributed by atoms with van der Waals surface area (Å²) in [5.41, 5.74) is 1.66. The van der Waals surface area contributed by atoms with Gasteiger partial charge >= 0.3 is 12.1 Å². The fraction of sp³-hybridized carbons (Fsp3) is 0.200. The van der Waals surface area contributed by atoms with Crippen LogP contribution >= 0.6 is 0 Å². The third kappa shape index (κ3) is 6.14. The lowest BCUT2D eigenvalue weighted by atomic mass is 9.99. The highest BCUT2D eigenvalue weighted by Crippen LogP contribution is 2.16. The summed E-state index contributed by atoms with van der Waals surface area (Å²) in [4.78, 5) is 24.1. The largest absolute Gasteiger partial charge is 0.461 e. The number of amides is 1. The molecule has 0 heterocycles. The Labute approximate surface area is 147 Å². The van der Waals surface area contributed by atoms with Crippen molar-refractivity contribution in [2.45, 2.75) is 12.5 Å². The van der Waals surface area contributed by atoms with Crippen molar-refractivity contribution >= 4 is 12.1 Å². The van der Waals surface area contributed by atoms with Crippen LogP contribution in [0.3, 0.4) is 0 Å². The highest BCUT2D eigenvalue weighted by molar-refractivity contribution is 5.79. The van der Waals surface area contributed by atoms with Gasteiger partial charge in [0.05, 0.1) is 5.92 Å². The van der Waals surface area contributed by atoms with Crippen LogP contribution in [0.25, 0.3) is 0 Å². The van der Waals surface area contributed by atoms with E-state index in [0.29, 0.717) is 0 Å². The Bertz CT molecular complexity index is 685. The molecule has 1 N–H and O–H groups in total. The minimum atomic E-state index is -0.606. The number of ether oxygens (including phenoxy) is 2. The third-order valence-electron chi connectivity index (χ3n) is 3.49. The molecule has 0 spiro atoms. The van der Waals surface area contributed by atoms with Crippen molar-refractivity contribution in [1.29, 1.82) is 0 Å². The molecule has 0 aromatic heterocycles. The summed E-state index contributed by atoms with van der Waals surface area (Å²) >= 11 is 0. The molecule has 2 aromatic rings. The van der Waals surface area contributed by atoms with Crippen molar-refractivity contribution in [2.75, 3.05) is 13.2 Å². The summed E-state index contributed by atoms with van der Waals surface area (Å²) in [6.45, 7) is 3.91. The minimum Gasteiger partial charge on any atom is -0.461 e. The molecule has 1 amide bonds. The quantitative estimate of drug-likeness (QED) is 0.591. The first-order chi connectivity index (χ1) is 12.2. The molecule has 0 aliphatic rings. The normalized spacial score (nSPS) is 11.2. The summed E-state index contributed by atoms with van der Waals surface area (Å²) in [7, 11) is 0. The second-order valence-electron chi connectivity index (χ2n) is 5.32. The van der Waals surface area contributed by atoms with Crippen molar-refractivity contribution in [3.05, 3.63) is 84.4 Å². The molecule has 2 aromatic carbocycles. The zero-order valence-electron chi connectivity index (χ0n) is 13.9. The number of carbonyl (C=O) groups excluding carboxylic acids is 2. The second-order valence-corrected chi connectivity index (χ2v) is 5.32. The van der Waals surface area contributed by atoms with Gasteiger partial charge in [-0.1, -0.05) is 73.3 Å². The average Bonchev–Trinajstić information content (AvgIpc) is 2.66. The van der Waals surface area contributed by atoms with Gasteiger partial charge in [0, 0.05) is 6.54 Å². The Balaban J connectivity index is 1.91. The molecule has 5 heteroatoms. The molecule has 0 radical (unpaired) electrons. The Morgan fingerprint density at radius 3 is 2.28 bits per heavy atom. The first kappa shape index (κ1) is 18.3. The predicted molar refractivity (Wildman–Crippen MR) is 95.0 cm³/mol. The zero-order valence-corrected chi connectivity index (χ0v) is 13.9. The van der Waals surface area contributed by atoms with Crippen LogP contribution in [0.4, 0.5) is 4.79 Å². The van der Waals surface area contributed by atoms with Crippen LogP contribution in [0.5, 0.6) is 0 Å². The molecule has 5 nitrogen and oxygen atoms in total. The highest BCUT2D eigenvalue weighted by atomic mass is 16.5. The number of esters is 1. The van der Waals surface area contributed by atoms with Gasteiger partial charge in [-0.05, 0) is 11.1 Å². The Kier molecular flexibility index (Phi) is 7.25. The van der Waals surface area contributed by atoms with E-state index in [0.717, 1.165) is 11.1 Å². The highest BCUT2D eigenvalue weighted by Gasteiger charge is 2.22. The van der Waals surface area contributed by atoms with E-state index >= 15 is 0 Å². The molecule has 0 saturated carbocycles. The number of hydrogen-bond donors (Lipinski definition) is 1. The average molecular weight is 339 g/mol. The summed E-state index contributed by atoms with van der Waals surface area (Å²) in [6, 6.07) is 18.5. The number of rotatable bonds is 8. The maximum atomic E-state index is 12.2. The Hall–Kier alpha value is -3.08. The fourth-order valence-corrected chi connectivity index (χ4v) is 2.22. The molecule has 0 saturated heterocycles. The van der Waals surface area contributed by atoms with Gasteiger partial charge in [-0.3, -0.25) is 4.79 Å². The van der Waals surface area contributed by atoms with Gasteiger partial charge in [-0.25, -0.2) is 4.79 Å². The summed E-state index contributed by atoms with van der Waals surface area (Å²) in [5, 5.41) is 2.62. The third-order valence-corrected chi connectivity index (χ3v) is 3.49. The molecule has 0 fully saturated rings. The molecule has 1 atom stereocenters. The first-order valence-electron chi connectivity index (χ1n) is 7.97. The number of benzene rings is 2. The minimum absolute atomic E-state index is 0.0909. The second kappa shape index (κ2) is 9.93. The van der Waals surface area contributed by atoms with Crippen LogP contribution in [-0.4, -0.2) is 25.2 Å². The van der Waals surface area contributed by atoms with Crippen molar-refractivity contribution < 1.29 is 19.1 Å². The van der Waals surface area contributed by atoms with E-state index in [1.807, 2.05) is 60.7 Å². The van der Waals surface area contributed by atoms with Crippen LogP contribution in [0, 0.1) is 0 Å². The fourth-order valence-electron chi connectivity index (χ4n) is 2.22. The molecular weight excluding hydrogens is 318 g/mol. The van der Waals surface area contributed by atoms with E-state index in [-0.39, 0.29) is 19.8 Å². The number of carbonyl (C=O) groups is 2. The molecule has 130 valence electrons. The van der Waals surface area contributed by atoms with Crippen molar-refractivity contribution in [3.8, 4) is 0 Å². The summed E-state index contributed by atoms with van der Waals surface area (Å²) < 4.78 is 10.3. The SMILES string of the molecule is C=CCOC(=O)[C@@H](CNC(=O)OCc1ccccc1)c1ccccc1. The number of hydrogen-bond acceptors (Lipinski definition) is 4. The smallest absolute Gasteiger partial charge is 0.407 e. The van der Waals surface area contributed by atoms with Crippen LogP contribution < -0.4 is 5.32 Å². The zero-order chi connectivity index (χ0) is 17.9. The van der Waals surface area contributed by atoms with Crippen LogP contribution in [0.15, 0.2) is 73.3 Å². The molecule has 0 bridgehead atoms. The van der Waals surface area contributed by atoms with Crippen LogP contribution in [-0.2, 0) is 20.9 Å². The molecule has 0 aliphatic heterocycles. The first-order valence-corrected chi connectivity index (χ1v) is 7.97. The van der Waals surface area contributed by atoms with Crippen molar-refractivity contribution in [1.82, 2.24) is 5.32 Å². The van der Waals surface area contributed by atoms with E-state index in [9.17, 15) is 9.59 Å². The Morgan fingerprint density at radius 1 is 1.00 bits per heavy atom. The number of alkyl carbamates (subject to hydrolysis) is 1. The lowest BCUT2D eigenvalue weighted by molar-refractivity contribution is -0.144.